The van der Waals surface area contributed by atoms with Crippen LogP contribution in [0.2, 0.25) is 0 Å². The molecule has 0 aliphatic heterocycles. The number of aromatic nitrogens is 1. The molecule has 1 atom stereocenters. The van der Waals surface area contributed by atoms with Gasteiger partial charge >= 0.3 is 0 Å². The first-order chi connectivity index (χ1) is 7.40. The molecule has 0 bridgehead atoms. The summed E-state index contributed by atoms with van der Waals surface area (Å²) in [5.74, 6) is -0.578. The van der Waals surface area contributed by atoms with Crippen LogP contribution < -0.4 is 10.0 Å². The normalized spacial score (nSPS) is 13.4. The molecule has 1 rings (SSSR count). The van der Waals surface area contributed by atoms with Gasteiger partial charge in [0.1, 0.15) is 6.04 Å². The molecule has 8 heteroatoms. The molecule has 1 aromatic heterocycles. The van der Waals surface area contributed by atoms with Gasteiger partial charge in [-0.15, -0.1) is 11.3 Å². The lowest BCUT2D eigenvalue weighted by Gasteiger charge is -2.25. The number of amides is 1. The molecule has 0 fully saturated rings. The minimum Gasteiger partial charge on any atom is -0.368 e. The predicted octanol–water partition coefficient (Wildman–Crippen LogP) is 0.173. The van der Waals surface area contributed by atoms with Crippen LogP contribution in [0.15, 0.2) is 10.9 Å². The van der Waals surface area contributed by atoms with Gasteiger partial charge in [-0.3, -0.25) is 4.79 Å². The maximum atomic E-state index is 11.8. The summed E-state index contributed by atoms with van der Waals surface area (Å²) in [5.41, 5.74) is 6.63. The molecule has 0 unspecified atom stereocenters. The molecule has 0 aromatic carbocycles. The molecular weight excluding hydrogens is 250 g/mol. The van der Waals surface area contributed by atoms with Gasteiger partial charge in [-0.05, 0) is 13.8 Å². The molecule has 2 N–H and O–H groups in total. The molecule has 1 aromatic rings. The number of carbonyl (C=O) groups is 1. The van der Waals surface area contributed by atoms with Crippen LogP contribution in [-0.2, 0) is 14.8 Å². The van der Waals surface area contributed by atoms with E-state index in [-0.39, 0.29) is 11.6 Å². The van der Waals surface area contributed by atoms with Gasteiger partial charge in [0.2, 0.25) is 15.9 Å². The lowest BCUT2D eigenvalue weighted by Crippen LogP contribution is -2.47. The number of rotatable bonds is 5. The maximum Gasteiger partial charge on any atom is 0.241 e. The summed E-state index contributed by atoms with van der Waals surface area (Å²) in [6, 6.07) is -0.938. The highest BCUT2D eigenvalue weighted by Crippen LogP contribution is 2.20. The maximum absolute atomic E-state index is 11.8. The zero-order valence-electron chi connectivity index (χ0n) is 8.95. The molecule has 0 aliphatic rings. The number of hydrogen-bond donors (Lipinski definition) is 1. The number of primary amides is 1. The minimum atomic E-state index is -3.55. The van der Waals surface area contributed by atoms with Crippen molar-refractivity contribution in [2.24, 2.45) is 5.73 Å². The summed E-state index contributed by atoms with van der Waals surface area (Å²) in [6.45, 7) is 2.94. The van der Waals surface area contributed by atoms with Crippen molar-refractivity contribution in [1.29, 1.82) is 0 Å². The molecule has 1 amide bonds. The second-order valence-corrected chi connectivity index (χ2v) is 5.97. The number of hydrogen-bond acceptors (Lipinski definition) is 5. The van der Waals surface area contributed by atoms with Crippen molar-refractivity contribution < 1.29 is 13.2 Å². The first-order valence-electron chi connectivity index (χ1n) is 4.59. The average molecular weight is 263 g/mol. The second-order valence-electron chi connectivity index (χ2n) is 3.12. The third-order valence-electron chi connectivity index (χ3n) is 2.07. The van der Waals surface area contributed by atoms with Gasteiger partial charge in [-0.2, -0.15) is 0 Å². The lowest BCUT2D eigenvalue weighted by molar-refractivity contribution is -0.118. The van der Waals surface area contributed by atoms with Crippen LogP contribution in [0.3, 0.4) is 0 Å². The predicted molar refractivity (Wildman–Crippen MR) is 62.7 cm³/mol. The minimum absolute atomic E-state index is 0.109. The van der Waals surface area contributed by atoms with Crippen LogP contribution in [0.1, 0.15) is 13.8 Å². The standard InChI is InChI=1S/C8H13N3O3S2/c1-3-16(13,14)11(6(2)8(9)12)7-4-15-5-10-7/h4-6H,3H2,1-2H3,(H2,9,12)/t6-/m0/s1. The average Bonchev–Trinajstić information content (AvgIpc) is 2.70. The van der Waals surface area contributed by atoms with E-state index in [1.807, 2.05) is 0 Å². The van der Waals surface area contributed by atoms with Gasteiger partial charge in [-0.1, -0.05) is 0 Å². The van der Waals surface area contributed by atoms with E-state index in [9.17, 15) is 13.2 Å². The van der Waals surface area contributed by atoms with E-state index in [1.165, 1.54) is 30.7 Å². The van der Waals surface area contributed by atoms with Gasteiger partial charge < -0.3 is 5.73 Å². The van der Waals surface area contributed by atoms with Crippen molar-refractivity contribution in [3.8, 4) is 0 Å². The molecule has 90 valence electrons. The summed E-state index contributed by atoms with van der Waals surface area (Å²) < 4.78 is 24.6. The fourth-order valence-electron chi connectivity index (χ4n) is 1.15. The molecule has 0 aliphatic carbocycles. The first kappa shape index (κ1) is 12.9. The Kier molecular flexibility index (Phi) is 3.87. The van der Waals surface area contributed by atoms with Crippen molar-refractivity contribution in [3.05, 3.63) is 10.9 Å². The SMILES string of the molecule is CCS(=O)(=O)N(c1cscn1)[C@@H](C)C(N)=O. The van der Waals surface area contributed by atoms with Crippen molar-refractivity contribution in [2.75, 3.05) is 10.1 Å². The van der Waals surface area contributed by atoms with Crippen molar-refractivity contribution >= 4 is 33.1 Å². The van der Waals surface area contributed by atoms with Gasteiger partial charge in [0.15, 0.2) is 5.82 Å². The van der Waals surface area contributed by atoms with Crippen molar-refractivity contribution in [3.63, 3.8) is 0 Å². The van der Waals surface area contributed by atoms with Crippen LogP contribution >= 0.6 is 11.3 Å². The zero-order chi connectivity index (χ0) is 12.3. The van der Waals surface area contributed by atoms with Gasteiger partial charge in [0.05, 0.1) is 11.3 Å². The Balaban J connectivity index is 3.20. The molecular formula is C8H13N3O3S2. The number of anilines is 1. The third-order valence-corrected chi connectivity index (χ3v) is 4.48. The van der Waals surface area contributed by atoms with Gasteiger partial charge in [0.25, 0.3) is 0 Å². The summed E-state index contributed by atoms with van der Waals surface area (Å²) in [7, 11) is -3.55. The Morgan fingerprint density at radius 2 is 2.31 bits per heavy atom. The Hall–Kier alpha value is -1.15. The van der Waals surface area contributed by atoms with Crippen LogP contribution in [0.4, 0.5) is 5.82 Å². The van der Waals surface area contributed by atoms with E-state index in [1.54, 1.807) is 5.38 Å². The molecule has 0 spiro atoms. The third kappa shape index (κ3) is 2.50. The highest BCUT2D eigenvalue weighted by Gasteiger charge is 2.30. The molecule has 0 saturated carbocycles. The van der Waals surface area contributed by atoms with E-state index in [0.29, 0.717) is 0 Å². The van der Waals surface area contributed by atoms with Gasteiger partial charge in [-0.25, -0.2) is 17.7 Å². The number of nitrogens with two attached hydrogens (primary N) is 1. The second kappa shape index (κ2) is 4.79. The van der Waals surface area contributed by atoms with E-state index in [4.69, 9.17) is 5.73 Å². The topological polar surface area (TPSA) is 93.4 Å². The summed E-state index contributed by atoms with van der Waals surface area (Å²) in [6.07, 6.45) is 0. The van der Waals surface area contributed by atoms with E-state index in [2.05, 4.69) is 4.98 Å². The fraction of sp³-hybridized carbons (Fsp3) is 0.500. The summed E-state index contributed by atoms with van der Waals surface area (Å²) >= 11 is 1.25. The summed E-state index contributed by atoms with van der Waals surface area (Å²) in [4.78, 5) is 15.0. The molecule has 16 heavy (non-hydrogen) atoms. The highest BCUT2D eigenvalue weighted by molar-refractivity contribution is 7.92. The highest BCUT2D eigenvalue weighted by atomic mass is 32.2. The van der Waals surface area contributed by atoms with Crippen molar-refractivity contribution in [2.45, 2.75) is 19.9 Å². The number of carbonyl (C=O) groups excluding carboxylic acids is 1. The number of thiazole rings is 1. The molecule has 0 radical (unpaired) electrons. The van der Waals surface area contributed by atoms with E-state index in [0.717, 1.165) is 4.31 Å². The monoisotopic (exact) mass is 263 g/mol. The molecule has 0 saturated heterocycles. The lowest BCUT2D eigenvalue weighted by atomic mass is 10.3. The van der Waals surface area contributed by atoms with Gasteiger partial charge in [0, 0.05) is 5.38 Å². The zero-order valence-corrected chi connectivity index (χ0v) is 10.6. The van der Waals surface area contributed by atoms with Crippen molar-refractivity contribution in [1.82, 2.24) is 4.98 Å². The summed E-state index contributed by atoms with van der Waals surface area (Å²) in [5, 5.41) is 1.56. The van der Waals surface area contributed by atoms with Crippen LogP contribution in [0.25, 0.3) is 0 Å². The Bertz CT molecular complexity index is 455. The number of nitrogens with zero attached hydrogens (tertiary/aromatic N) is 2. The van der Waals surface area contributed by atoms with Crippen LogP contribution in [0.5, 0.6) is 0 Å². The van der Waals surface area contributed by atoms with E-state index >= 15 is 0 Å². The first-order valence-corrected chi connectivity index (χ1v) is 7.15. The Morgan fingerprint density at radius 3 is 2.69 bits per heavy atom. The fourth-order valence-corrected chi connectivity index (χ4v) is 2.99. The smallest absolute Gasteiger partial charge is 0.241 e. The number of sulfonamides is 1. The van der Waals surface area contributed by atoms with Crippen LogP contribution in [-0.4, -0.2) is 31.1 Å². The largest absolute Gasteiger partial charge is 0.368 e. The van der Waals surface area contributed by atoms with E-state index < -0.39 is 22.0 Å². The van der Waals surface area contributed by atoms with Crippen LogP contribution in [0, 0.1) is 0 Å². The quantitative estimate of drug-likeness (QED) is 0.819. The molecule has 1 heterocycles. The Labute approximate surface area is 98.1 Å². The molecule has 6 nitrogen and oxygen atoms in total. The Morgan fingerprint density at radius 1 is 1.69 bits per heavy atom.